The van der Waals surface area contributed by atoms with E-state index in [-0.39, 0.29) is 10.5 Å². The third kappa shape index (κ3) is 3.97. The van der Waals surface area contributed by atoms with E-state index in [0.29, 0.717) is 37.6 Å². The highest BCUT2D eigenvalue weighted by atomic mass is 32.2. The van der Waals surface area contributed by atoms with Crippen molar-refractivity contribution in [2.24, 2.45) is 0 Å². The van der Waals surface area contributed by atoms with Crippen molar-refractivity contribution in [2.45, 2.75) is 32.6 Å². The van der Waals surface area contributed by atoms with Crippen molar-refractivity contribution in [3.05, 3.63) is 58.1 Å². The van der Waals surface area contributed by atoms with E-state index in [1.54, 1.807) is 19.1 Å². The summed E-state index contributed by atoms with van der Waals surface area (Å²) >= 11 is 0. The topological polar surface area (TPSA) is 72.9 Å². The number of benzene rings is 2. The van der Waals surface area contributed by atoms with Gasteiger partial charge in [0.2, 0.25) is 10.0 Å². The third-order valence-corrected chi connectivity index (χ3v) is 7.12. The smallest absolute Gasteiger partial charge is 0.343 e. The van der Waals surface area contributed by atoms with Gasteiger partial charge in [-0.1, -0.05) is 18.2 Å². The number of nitrogens with zero attached hydrogens (tertiary/aromatic N) is 1. The van der Waals surface area contributed by atoms with Gasteiger partial charge in [0.1, 0.15) is 5.75 Å². The van der Waals surface area contributed by atoms with Crippen LogP contribution in [0.1, 0.15) is 32.6 Å². The predicted molar refractivity (Wildman–Crippen MR) is 106 cm³/mol. The molecular formula is C21H25NO5S. The van der Waals surface area contributed by atoms with Crippen molar-refractivity contribution >= 4 is 16.0 Å². The minimum absolute atomic E-state index is 0.126. The number of carbonyl (C=O) groups excluding carboxylic acids is 1. The van der Waals surface area contributed by atoms with E-state index in [2.05, 4.69) is 0 Å². The van der Waals surface area contributed by atoms with Crippen molar-refractivity contribution in [3.63, 3.8) is 0 Å². The van der Waals surface area contributed by atoms with Crippen molar-refractivity contribution in [1.29, 1.82) is 0 Å². The number of carbonyl (C=O) groups is 1. The first-order valence-electron chi connectivity index (χ1n) is 9.19. The molecule has 0 saturated carbocycles. The molecule has 0 radical (unpaired) electrons. The van der Waals surface area contributed by atoms with Gasteiger partial charge in [-0.25, -0.2) is 13.2 Å². The Morgan fingerprint density at radius 3 is 2.25 bits per heavy atom. The fourth-order valence-corrected chi connectivity index (χ4v) is 4.82. The summed E-state index contributed by atoms with van der Waals surface area (Å²) in [6.07, 6.45) is 0. The summed E-state index contributed by atoms with van der Waals surface area (Å²) in [5.41, 5.74) is 3.56. The first-order chi connectivity index (χ1) is 13.2. The Balaban J connectivity index is 1.93. The van der Waals surface area contributed by atoms with Crippen molar-refractivity contribution in [3.8, 4) is 5.75 Å². The molecule has 2 aromatic carbocycles. The lowest BCUT2D eigenvalue weighted by molar-refractivity contribution is 0.0726. The second-order valence-electron chi connectivity index (χ2n) is 7.04. The fourth-order valence-electron chi connectivity index (χ4n) is 3.17. The molecule has 1 aliphatic heterocycles. The Morgan fingerprint density at radius 2 is 1.57 bits per heavy atom. The summed E-state index contributed by atoms with van der Waals surface area (Å²) in [5.74, 6) is -0.0570. The second-order valence-corrected chi connectivity index (χ2v) is 8.95. The minimum atomic E-state index is -3.70. The zero-order chi connectivity index (χ0) is 20.5. The van der Waals surface area contributed by atoms with E-state index >= 15 is 0 Å². The summed E-state index contributed by atoms with van der Waals surface area (Å²) < 4.78 is 38.3. The Morgan fingerprint density at radius 1 is 0.964 bits per heavy atom. The normalized spacial score (nSPS) is 15.4. The number of rotatable bonds is 4. The number of esters is 1. The van der Waals surface area contributed by atoms with Gasteiger partial charge in [0.05, 0.1) is 23.7 Å². The molecule has 28 heavy (non-hydrogen) atoms. The molecule has 0 bridgehead atoms. The molecule has 1 fully saturated rings. The number of aryl methyl sites for hydroxylation is 3. The van der Waals surface area contributed by atoms with Crippen molar-refractivity contribution < 1.29 is 22.7 Å². The molecule has 0 aliphatic carbocycles. The molecule has 1 heterocycles. The van der Waals surface area contributed by atoms with Crippen LogP contribution in [0.5, 0.6) is 5.75 Å². The Kier molecular flexibility index (Phi) is 5.88. The van der Waals surface area contributed by atoms with E-state index in [1.165, 1.54) is 10.4 Å². The average Bonchev–Trinajstić information content (AvgIpc) is 2.69. The molecule has 0 spiro atoms. The van der Waals surface area contributed by atoms with Gasteiger partial charge in [0.15, 0.2) is 0 Å². The number of morpholine rings is 1. The molecule has 0 aromatic heterocycles. The van der Waals surface area contributed by atoms with Crippen LogP contribution >= 0.6 is 0 Å². The lowest BCUT2D eigenvalue weighted by Gasteiger charge is -2.26. The molecule has 0 unspecified atom stereocenters. The van der Waals surface area contributed by atoms with Gasteiger partial charge in [-0.2, -0.15) is 4.31 Å². The van der Waals surface area contributed by atoms with Crippen LogP contribution in [0.25, 0.3) is 0 Å². The van der Waals surface area contributed by atoms with Crippen LogP contribution in [0.15, 0.2) is 35.2 Å². The van der Waals surface area contributed by atoms with Crippen LogP contribution in [0.2, 0.25) is 0 Å². The maximum absolute atomic E-state index is 13.0. The standard InChI is InChI=1S/C21H25NO5S/c1-14-5-6-16(3)20(17(14)4)27-21(23)18-8-7-15(2)19(13-18)28(24,25)22-9-11-26-12-10-22/h5-8,13H,9-12H2,1-4H3. The highest BCUT2D eigenvalue weighted by Gasteiger charge is 2.28. The fraction of sp³-hybridized carbons (Fsp3) is 0.381. The van der Waals surface area contributed by atoms with Gasteiger partial charge < -0.3 is 9.47 Å². The number of ether oxygens (including phenoxy) is 2. The van der Waals surface area contributed by atoms with Crippen molar-refractivity contribution in [1.82, 2.24) is 4.31 Å². The first kappa shape index (κ1) is 20.5. The molecule has 7 heteroatoms. The largest absolute Gasteiger partial charge is 0.422 e. The summed E-state index contributed by atoms with van der Waals surface area (Å²) in [4.78, 5) is 12.9. The van der Waals surface area contributed by atoms with E-state index in [4.69, 9.17) is 9.47 Å². The number of hydrogen-bond acceptors (Lipinski definition) is 5. The molecule has 0 N–H and O–H groups in total. The quantitative estimate of drug-likeness (QED) is 0.579. The SMILES string of the molecule is Cc1ccc(C(=O)Oc2c(C)ccc(C)c2C)cc1S(=O)(=O)N1CCOCC1. The van der Waals surface area contributed by atoms with Gasteiger partial charge in [0, 0.05) is 13.1 Å². The van der Waals surface area contributed by atoms with E-state index in [1.807, 2.05) is 32.9 Å². The molecule has 1 aliphatic rings. The molecule has 150 valence electrons. The van der Waals surface area contributed by atoms with Gasteiger partial charge >= 0.3 is 5.97 Å². The third-order valence-electron chi connectivity index (χ3n) is 5.08. The maximum Gasteiger partial charge on any atom is 0.343 e. The zero-order valence-corrected chi connectivity index (χ0v) is 17.4. The van der Waals surface area contributed by atoms with Gasteiger partial charge in [-0.15, -0.1) is 0 Å². The van der Waals surface area contributed by atoms with Crippen molar-refractivity contribution in [2.75, 3.05) is 26.3 Å². The lowest BCUT2D eigenvalue weighted by atomic mass is 10.1. The summed E-state index contributed by atoms with van der Waals surface area (Å²) in [7, 11) is -3.70. The Labute approximate surface area is 166 Å². The van der Waals surface area contributed by atoms with E-state index in [9.17, 15) is 13.2 Å². The number of sulfonamides is 1. The summed E-state index contributed by atoms with van der Waals surface area (Å²) in [6, 6.07) is 8.51. The summed E-state index contributed by atoms with van der Waals surface area (Å²) in [6.45, 7) is 8.78. The highest BCUT2D eigenvalue weighted by Crippen LogP contribution is 2.28. The van der Waals surface area contributed by atoms with Crippen LogP contribution in [0.3, 0.4) is 0 Å². The van der Waals surface area contributed by atoms with Gasteiger partial charge in [-0.3, -0.25) is 0 Å². The van der Waals surface area contributed by atoms with Crippen LogP contribution in [-0.2, 0) is 14.8 Å². The van der Waals surface area contributed by atoms with Gasteiger partial charge in [0.25, 0.3) is 0 Å². The molecule has 3 rings (SSSR count). The zero-order valence-electron chi connectivity index (χ0n) is 16.6. The highest BCUT2D eigenvalue weighted by molar-refractivity contribution is 7.89. The van der Waals surface area contributed by atoms with E-state index < -0.39 is 16.0 Å². The molecule has 6 nitrogen and oxygen atoms in total. The summed E-state index contributed by atoms with van der Waals surface area (Å²) in [5, 5.41) is 0. The predicted octanol–water partition coefficient (Wildman–Crippen LogP) is 3.16. The average molecular weight is 404 g/mol. The first-order valence-corrected chi connectivity index (χ1v) is 10.6. The van der Waals surface area contributed by atoms with Gasteiger partial charge in [-0.05, 0) is 62.1 Å². The number of hydrogen-bond donors (Lipinski definition) is 0. The van der Waals surface area contributed by atoms with Crippen LogP contribution in [0, 0.1) is 27.7 Å². The molecule has 0 amide bonds. The molecule has 2 aromatic rings. The van der Waals surface area contributed by atoms with Crippen LogP contribution in [0.4, 0.5) is 0 Å². The minimum Gasteiger partial charge on any atom is -0.422 e. The van der Waals surface area contributed by atoms with E-state index in [0.717, 1.165) is 16.7 Å². The lowest BCUT2D eigenvalue weighted by Crippen LogP contribution is -2.40. The monoisotopic (exact) mass is 403 g/mol. The van der Waals surface area contributed by atoms with Crippen LogP contribution in [-0.4, -0.2) is 45.0 Å². The van der Waals surface area contributed by atoms with Crippen LogP contribution < -0.4 is 4.74 Å². The molecular weight excluding hydrogens is 378 g/mol. The Bertz CT molecular complexity index is 1010. The Hall–Kier alpha value is -2.22. The molecule has 1 saturated heterocycles. The molecule has 0 atom stereocenters. The maximum atomic E-state index is 13.0. The second kappa shape index (κ2) is 8.03.